The number of aliphatic hydroxyl groups is 1. The molecule has 0 spiro atoms. The fourth-order valence-corrected chi connectivity index (χ4v) is 3.36. The number of hydrogen-bond acceptors (Lipinski definition) is 4. The number of aliphatic imine (C=N–C) groups is 1. The number of hydrogen-bond donors (Lipinski definition) is 3. The van der Waals surface area contributed by atoms with Crippen molar-refractivity contribution in [3.63, 3.8) is 0 Å². The van der Waals surface area contributed by atoms with Crippen molar-refractivity contribution in [3.8, 4) is 0 Å². The Hall–Kier alpha value is -0.900. The Morgan fingerprint density at radius 3 is 2.43 bits per heavy atom. The highest BCUT2D eigenvalue weighted by Crippen LogP contribution is 2.20. The van der Waals surface area contributed by atoms with E-state index in [1.807, 2.05) is 30.3 Å². The van der Waals surface area contributed by atoms with Gasteiger partial charge in [-0.05, 0) is 25.3 Å². The molecule has 2 unspecified atom stereocenters. The van der Waals surface area contributed by atoms with Gasteiger partial charge in [0.25, 0.3) is 0 Å². The fraction of sp³-hybridized carbons (Fsp3) is 0.667. The number of nitrogens with zero attached hydrogens (tertiary/aromatic N) is 2. The Bertz CT molecular complexity index is 575. The molecule has 0 bridgehead atoms. The van der Waals surface area contributed by atoms with E-state index in [9.17, 15) is 5.11 Å². The van der Waals surface area contributed by atoms with Crippen LogP contribution in [0.1, 0.15) is 33.3 Å². The van der Waals surface area contributed by atoms with Crippen molar-refractivity contribution < 1.29 is 9.84 Å². The first-order valence-corrected chi connectivity index (χ1v) is 10.1. The SMILES string of the molecule is CCNC(=NCC(C)(O)c1ccccc1)NCC(C(C)C)N1CCOCC1.I. The molecular formula is C21H37IN4O2. The average Bonchev–Trinajstić information content (AvgIpc) is 2.67. The van der Waals surface area contributed by atoms with Gasteiger partial charge >= 0.3 is 0 Å². The molecule has 2 rings (SSSR count). The van der Waals surface area contributed by atoms with Gasteiger partial charge in [-0.15, -0.1) is 24.0 Å². The largest absolute Gasteiger partial charge is 0.384 e. The highest BCUT2D eigenvalue weighted by atomic mass is 127. The summed E-state index contributed by atoms with van der Waals surface area (Å²) < 4.78 is 5.49. The molecule has 0 saturated carbocycles. The average molecular weight is 504 g/mol. The molecule has 0 aliphatic carbocycles. The van der Waals surface area contributed by atoms with E-state index in [4.69, 9.17) is 4.74 Å². The second kappa shape index (κ2) is 12.6. The summed E-state index contributed by atoms with van der Waals surface area (Å²) in [5.41, 5.74) is -0.122. The summed E-state index contributed by atoms with van der Waals surface area (Å²) >= 11 is 0. The third-order valence-corrected chi connectivity index (χ3v) is 5.05. The van der Waals surface area contributed by atoms with Crippen LogP contribution in [0, 0.1) is 5.92 Å². The lowest BCUT2D eigenvalue weighted by atomic mass is 9.96. The lowest BCUT2D eigenvalue weighted by Gasteiger charge is -2.37. The molecule has 1 fully saturated rings. The third-order valence-electron chi connectivity index (χ3n) is 5.05. The zero-order valence-corrected chi connectivity index (χ0v) is 20.0. The van der Waals surface area contributed by atoms with Gasteiger partial charge in [-0.3, -0.25) is 4.90 Å². The Morgan fingerprint density at radius 2 is 1.86 bits per heavy atom. The van der Waals surface area contributed by atoms with E-state index in [1.54, 1.807) is 6.92 Å². The Morgan fingerprint density at radius 1 is 1.21 bits per heavy atom. The molecule has 28 heavy (non-hydrogen) atoms. The van der Waals surface area contributed by atoms with E-state index >= 15 is 0 Å². The Labute approximate surface area is 187 Å². The maximum atomic E-state index is 10.8. The van der Waals surface area contributed by atoms with E-state index < -0.39 is 5.60 Å². The van der Waals surface area contributed by atoms with Crippen LogP contribution in [0.3, 0.4) is 0 Å². The highest BCUT2D eigenvalue weighted by Gasteiger charge is 2.25. The minimum atomic E-state index is -0.995. The molecule has 6 nitrogen and oxygen atoms in total. The molecule has 7 heteroatoms. The minimum Gasteiger partial charge on any atom is -0.384 e. The predicted octanol–water partition coefficient (Wildman–Crippen LogP) is 2.42. The molecule has 160 valence electrons. The summed E-state index contributed by atoms with van der Waals surface area (Å²) in [4.78, 5) is 7.13. The van der Waals surface area contributed by atoms with Gasteiger partial charge in [-0.2, -0.15) is 0 Å². The predicted molar refractivity (Wildman–Crippen MR) is 126 cm³/mol. The van der Waals surface area contributed by atoms with E-state index in [1.165, 1.54) is 0 Å². The molecule has 2 atom stereocenters. The maximum absolute atomic E-state index is 10.8. The number of ether oxygens (including phenoxy) is 1. The minimum absolute atomic E-state index is 0. The molecule has 1 saturated heterocycles. The van der Waals surface area contributed by atoms with Gasteiger partial charge in [-0.25, -0.2) is 4.99 Å². The summed E-state index contributed by atoms with van der Waals surface area (Å²) in [5, 5.41) is 17.5. The van der Waals surface area contributed by atoms with E-state index in [0.29, 0.717) is 18.5 Å². The first kappa shape index (κ1) is 25.1. The molecule has 0 aromatic heterocycles. The van der Waals surface area contributed by atoms with Gasteiger partial charge in [0.1, 0.15) is 5.60 Å². The standard InChI is InChI=1S/C21H36N4O2.HI/c1-5-22-20(24-16-21(4,26)18-9-7-6-8-10-18)23-15-19(17(2)3)25-11-13-27-14-12-25;/h6-10,17,19,26H,5,11-16H2,1-4H3,(H2,22,23,24);1H. The molecular weight excluding hydrogens is 467 g/mol. The lowest BCUT2D eigenvalue weighted by molar-refractivity contribution is 0.00750. The van der Waals surface area contributed by atoms with E-state index in [0.717, 1.165) is 50.9 Å². The summed E-state index contributed by atoms with van der Waals surface area (Å²) in [6.45, 7) is 13.8. The molecule has 1 aromatic rings. The molecule has 1 heterocycles. The van der Waals surface area contributed by atoms with Crippen LogP contribution in [-0.2, 0) is 10.3 Å². The maximum Gasteiger partial charge on any atom is 0.191 e. The molecule has 1 aliphatic heterocycles. The van der Waals surface area contributed by atoms with Crippen LogP contribution in [0.2, 0.25) is 0 Å². The highest BCUT2D eigenvalue weighted by molar-refractivity contribution is 14.0. The first-order chi connectivity index (χ1) is 12.9. The Kier molecular flexibility index (Phi) is 11.3. The van der Waals surface area contributed by atoms with Gasteiger partial charge in [0.2, 0.25) is 0 Å². The Balaban J connectivity index is 0.00000392. The molecule has 1 aromatic carbocycles. The van der Waals surface area contributed by atoms with Crippen molar-refractivity contribution in [3.05, 3.63) is 35.9 Å². The van der Waals surface area contributed by atoms with Crippen molar-refractivity contribution in [1.29, 1.82) is 0 Å². The molecule has 1 aliphatic rings. The first-order valence-electron chi connectivity index (χ1n) is 10.1. The monoisotopic (exact) mass is 504 g/mol. The van der Waals surface area contributed by atoms with Crippen LogP contribution in [0.25, 0.3) is 0 Å². The molecule has 0 amide bonds. The van der Waals surface area contributed by atoms with Crippen molar-refractivity contribution in [2.45, 2.75) is 39.3 Å². The van der Waals surface area contributed by atoms with Crippen molar-refractivity contribution >= 4 is 29.9 Å². The second-order valence-electron chi connectivity index (χ2n) is 7.68. The van der Waals surface area contributed by atoms with E-state index in [-0.39, 0.29) is 24.0 Å². The van der Waals surface area contributed by atoms with Crippen molar-refractivity contribution in [2.24, 2.45) is 10.9 Å². The number of nitrogens with one attached hydrogen (secondary N) is 2. The van der Waals surface area contributed by atoms with Crippen molar-refractivity contribution in [2.75, 3.05) is 45.9 Å². The van der Waals surface area contributed by atoms with Gasteiger partial charge in [-0.1, -0.05) is 44.2 Å². The van der Waals surface area contributed by atoms with Crippen molar-refractivity contribution in [1.82, 2.24) is 15.5 Å². The van der Waals surface area contributed by atoms with Gasteiger partial charge in [0.15, 0.2) is 5.96 Å². The number of guanidine groups is 1. The smallest absolute Gasteiger partial charge is 0.191 e. The summed E-state index contributed by atoms with van der Waals surface area (Å²) in [5.74, 6) is 1.28. The zero-order valence-electron chi connectivity index (χ0n) is 17.6. The van der Waals surface area contributed by atoms with Gasteiger partial charge in [0.05, 0.1) is 19.8 Å². The van der Waals surface area contributed by atoms with Gasteiger partial charge in [0, 0.05) is 32.2 Å². The topological polar surface area (TPSA) is 69.1 Å². The molecule has 0 radical (unpaired) electrons. The van der Waals surface area contributed by atoms with Crippen LogP contribution in [0.15, 0.2) is 35.3 Å². The van der Waals surface area contributed by atoms with Gasteiger partial charge < -0.3 is 20.5 Å². The van der Waals surface area contributed by atoms with Crippen LogP contribution < -0.4 is 10.6 Å². The van der Waals surface area contributed by atoms with Crippen LogP contribution in [0.5, 0.6) is 0 Å². The summed E-state index contributed by atoms with van der Waals surface area (Å²) in [7, 11) is 0. The number of benzene rings is 1. The number of halogens is 1. The second-order valence-corrected chi connectivity index (χ2v) is 7.68. The van der Waals surface area contributed by atoms with E-state index in [2.05, 4.69) is 41.3 Å². The molecule has 3 N–H and O–H groups in total. The zero-order chi connectivity index (χ0) is 19.7. The van der Waals surface area contributed by atoms with Crippen LogP contribution in [-0.4, -0.2) is 67.9 Å². The lowest BCUT2D eigenvalue weighted by Crippen LogP contribution is -2.52. The van der Waals surface area contributed by atoms with Crippen LogP contribution in [0.4, 0.5) is 0 Å². The third kappa shape index (κ3) is 7.85. The summed E-state index contributed by atoms with van der Waals surface area (Å²) in [6, 6.07) is 10.1. The van der Waals surface area contributed by atoms with Crippen LogP contribution >= 0.6 is 24.0 Å². The number of rotatable bonds is 8. The normalized spacial score (nSPS) is 18.9. The fourth-order valence-electron chi connectivity index (χ4n) is 3.36. The quantitative estimate of drug-likeness (QED) is 0.288. The number of morpholine rings is 1. The summed E-state index contributed by atoms with van der Waals surface area (Å²) in [6.07, 6.45) is 0.